The first kappa shape index (κ1) is 15.4. The zero-order chi connectivity index (χ0) is 16.1. The van der Waals surface area contributed by atoms with Crippen molar-refractivity contribution in [3.8, 4) is 0 Å². The minimum absolute atomic E-state index is 0.0935. The summed E-state index contributed by atoms with van der Waals surface area (Å²) in [6, 6.07) is 9.62. The molecule has 0 unspecified atom stereocenters. The Hall–Kier alpha value is -2.47. The molecule has 0 bridgehead atoms. The lowest BCUT2D eigenvalue weighted by Gasteiger charge is -2.35. The standard InChI is InChI=1S/C17H21N5O/c1-18-17(23)15-6-4-8-20-16(15)22-11-9-21(10-12-22)13-14-5-2-3-7-19-14/h2-8H,9-13H2,1H3,(H,18,23). The summed E-state index contributed by atoms with van der Waals surface area (Å²) in [5.74, 6) is 0.674. The second-order valence-corrected chi connectivity index (χ2v) is 5.54. The average Bonchev–Trinajstić information content (AvgIpc) is 2.62. The third kappa shape index (κ3) is 3.65. The van der Waals surface area contributed by atoms with Crippen LogP contribution >= 0.6 is 0 Å². The van der Waals surface area contributed by atoms with Crippen molar-refractivity contribution in [1.29, 1.82) is 0 Å². The molecular weight excluding hydrogens is 290 g/mol. The summed E-state index contributed by atoms with van der Waals surface area (Å²) in [6.07, 6.45) is 3.57. The molecular formula is C17H21N5O. The molecule has 23 heavy (non-hydrogen) atoms. The summed E-state index contributed by atoms with van der Waals surface area (Å²) in [5.41, 5.74) is 1.72. The minimum atomic E-state index is -0.0935. The van der Waals surface area contributed by atoms with Crippen LogP contribution in [0.2, 0.25) is 0 Å². The van der Waals surface area contributed by atoms with Gasteiger partial charge in [0.25, 0.3) is 5.91 Å². The van der Waals surface area contributed by atoms with Crippen LogP contribution in [0.3, 0.4) is 0 Å². The van der Waals surface area contributed by atoms with Crippen LogP contribution in [0.5, 0.6) is 0 Å². The van der Waals surface area contributed by atoms with Crippen molar-refractivity contribution in [3.63, 3.8) is 0 Å². The second-order valence-electron chi connectivity index (χ2n) is 5.54. The normalized spacial score (nSPS) is 15.4. The molecule has 0 spiro atoms. The first-order chi connectivity index (χ1) is 11.3. The number of carbonyl (C=O) groups is 1. The quantitative estimate of drug-likeness (QED) is 0.918. The number of hydrogen-bond donors (Lipinski definition) is 1. The van der Waals surface area contributed by atoms with Crippen molar-refractivity contribution in [3.05, 3.63) is 54.0 Å². The van der Waals surface area contributed by atoms with Crippen LogP contribution in [0.1, 0.15) is 16.1 Å². The van der Waals surface area contributed by atoms with E-state index in [4.69, 9.17) is 0 Å². The monoisotopic (exact) mass is 311 g/mol. The maximum absolute atomic E-state index is 12.0. The van der Waals surface area contributed by atoms with E-state index in [2.05, 4.69) is 31.2 Å². The third-order valence-electron chi connectivity index (χ3n) is 4.04. The number of nitrogens with one attached hydrogen (secondary N) is 1. The molecule has 2 aromatic heterocycles. The zero-order valence-electron chi connectivity index (χ0n) is 13.3. The molecule has 3 rings (SSSR count). The molecule has 0 radical (unpaired) electrons. The Bertz CT molecular complexity index is 653. The SMILES string of the molecule is CNC(=O)c1cccnc1N1CCN(Cc2ccccn2)CC1. The summed E-state index contributed by atoms with van der Waals surface area (Å²) in [4.78, 5) is 25.3. The van der Waals surface area contributed by atoms with Crippen LogP contribution in [0, 0.1) is 0 Å². The third-order valence-corrected chi connectivity index (χ3v) is 4.04. The molecule has 0 atom stereocenters. The smallest absolute Gasteiger partial charge is 0.254 e. The predicted molar refractivity (Wildman–Crippen MR) is 89.4 cm³/mol. The Labute approximate surface area is 136 Å². The van der Waals surface area contributed by atoms with Gasteiger partial charge in [0.2, 0.25) is 0 Å². The summed E-state index contributed by atoms with van der Waals surface area (Å²) in [6.45, 7) is 4.43. The van der Waals surface area contributed by atoms with E-state index in [1.807, 2.05) is 24.4 Å². The fourth-order valence-electron chi connectivity index (χ4n) is 2.80. The van der Waals surface area contributed by atoms with Crippen molar-refractivity contribution >= 4 is 11.7 Å². The van der Waals surface area contributed by atoms with Gasteiger partial charge in [0.1, 0.15) is 5.82 Å². The lowest BCUT2D eigenvalue weighted by atomic mass is 10.2. The van der Waals surface area contributed by atoms with Crippen LogP contribution in [0.25, 0.3) is 0 Å². The number of piperazine rings is 1. The van der Waals surface area contributed by atoms with E-state index in [1.165, 1.54) is 0 Å². The van der Waals surface area contributed by atoms with E-state index in [9.17, 15) is 4.79 Å². The van der Waals surface area contributed by atoms with Gasteiger partial charge in [0.15, 0.2) is 0 Å². The van der Waals surface area contributed by atoms with Gasteiger partial charge >= 0.3 is 0 Å². The van der Waals surface area contributed by atoms with Gasteiger partial charge in [-0.05, 0) is 24.3 Å². The molecule has 120 valence electrons. The minimum Gasteiger partial charge on any atom is -0.355 e. The van der Waals surface area contributed by atoms with Gasteiger partial charge in [-0.1, -0.05) is 6.07 Å². The van der Waals surface area contributed by atoms with Gasteiger partial charge in [0, 0.05) is 52.2 Å². The largest absolute Gasteiger partial charge is 0.355 e. The van der Waals surface area contributed by atoms with Crippen molar-refractivity contribution in [1.82, 2.24) is 20.2 Å². The van der Waals surface area contributed by atoms with Crippen molar-refractivity contribution in [2.45, 2.75) is 6.54 Å². The fraction of sp³-hybridized carbons (Fsp3) is 0.353. The molecule has 1 N–H and O–H groups in total. The number of pyridine rings is 2. The summed E-state index contributed by atoms with van der Waals surface area (Å²) < 4.78 is 0. The van der Waals surface area contributed by atoms with Gasteiger partial charge in [-0.15, -0.1) is 0 Å². The highest BCUT2D eigenvalue weighted by Crippen LogP contribution is 2.19. The number of rotatable bonds is 4. The lowest BCUT2D eigenvalue weighted by molar-refractivity contribution is 0.0963. The molecule has 2 aromatic rings. The molecule has 0 aromatic carbocycles. The van der Waals surface area contributed by atoms with Crippen LogP contribution in [-0.4, -0.2) is 54.0 Å². The highest BCUT2D eigenvalue weighted by atomic mass is 16.1. The van der Waals surface area contributed by atoms with Crippen LogP contribution in [0.4, 0.5) is 5.82 Å². The van der Waals surface area contributed by atoms with E-state index in [1.54, 1.807) is 19.3 Å². The van der Waals surface area contributed by atoms with Crippen LogP contribution in [0.15, 0.2) is 42.7 Å². The molecule has 1 amide bonds. The Balaban J connectivity index is 1.64. The Morgan fingerprint density at radius 3 is 2.57 bits per heavy atom. The topological polar surface area (TPSA) is 61.4 Å². The maximum atomic E-state index is 12.0. The van der Waals surface area contributed by atoms with E-state index >= 15 is 0 Å². The summed E-state index contributed by atoms with van der Waals surface area (Å²) >= 11 is 0. The Kier molecular flexibility index (Phi) is 4.83. The molecule has 0 aliphatic carbocycles. The summed E-state index contributed by atoms with van der Waals surface area (Å²) in [7, 11) is 1.64. The van der Waals surface area contributed by atoms with E-state index in [-0.39, 0.29) is 5.91 Å². The number of carbonyl (C=O) groups excluding carboxylic acids is 1. The lowest BCUT2D eigenvalue weighted by Crippen LogP contribution is -2.47. The molecule has 1 saturated heterocycles. The highest BCUT2D eigenvalue weighted by molar-refractivity contribution is 5.98. The first-order valence-corrected chi connectivity index (χ1v) is 7.82. The predicted octanol–water partition coefficient (Wildman–Crippen LogP) is 1.16. The number of hydrogen-bond acceptors (Lipinski definition) is 5. The summed E-state index contributed by atoms with van der Waals surface area (Å²) in [5, 5.41) is 2.68. The highest BCUT2D eigenvalue weighted by Gasteiger charge is 2.22. The average molecular weight is 311 g/mol. The van der Waals surface area contributed by atoms with Gasteiger partial charge in [-0.2, -0.15) is 0 Å². The van der Waals surface area contributed by atoms with E-state index in [0.717, 1.165) is 44.2 Å². The van der Waals surface area contributed by atoms with Gasteiger partial charge in [-0.25, -0.2) is 4.98 Å². The molecule has 3 heterocycles. The van der Waals surface area contributed by atoms with Gasteiger partial charge in [-0.3, -0.25) is 14.7 Å². The molecule has 1 aliphatic rings. The molecule has 6 heteroatoms. The Morgan fingerprint density at radius 1 is 1.09 bits per heavy atom. The first-order valence-electron chi connectivity index (χ1n) is 7.82. The van der Waals surface area contributed by atoms with E-state index in [0.29, 0.717) is 5.56 Å². The van der Waals surface area contributed by atoms with Gasteiger partial charge < -0.3 is 10.2 Å². The van der Waals surface area contributed by atoms with Crippen molar-refractivity contribution in [2.75, 3.05) is 38.1 Å². The maximum Gasteiger partial charge on any atom is 0.254 e. The molecule has 1 fully saturated rings. The second kappa shape index (κ2) is 7.19. The number of nitrogens with zero attached hydrogens (tertiary/aromatic N) is 4. The number of anilines is 1. The van der Waals surface area contributed by atoms with Crippen molar-refractivity contribution < 1.29 is 4.79 Å². The van der Waals surface area contributed by atoms with Crippen molar-refractivity contribution in [2.24, 2.45) is 0 Å². The fourth-order valence-corrected chi connectivity index (χ4v) is 2.80. The van der Waals surface area contributed by atoms with Crippen LogP contribution in [-0.2, 0) is 6.54 Å². The molecule has 6 nitrogen and oxygen atoms in total. The number of amides is 1. The molecule has 1 aliphatic heterocycles. The van der Waals surface area contributed by atoms with Gasteiger partial charge in [0.05, 0.1) is 11.3 Å². The van der Waals surface area contributed by atoms with Crippen LogP contribution < -0.4 is 10.2 Å². The number of aromatic nitrogens is 2. The zero-order valence-corrected chi connectivity index (χ0v) is 13.3. The molecule has 0 saturated carbocycles. The Morgan fingerprint density at radius 2 is 1.87 bits per heavy atom. The van der Waals surface area contributed by atoms with E-state index < -0.39 is 0 Å².